The van der Waals surface area contributed by atoms with E-state index in [9.17, 15) is 14.4 Å². The average molecular weight is 408 g/mol. The Morgan fingerprint density at radius 1 is 1.10 bits per heavy atom. The number of allylic oxidation sites excluding steroid dienone is 3. The van der Waals surface area contributed by atoms with Crippen LogP contribution in [0.15, 0.2) is 47.6 Å². The lowest BCUT2D eigenvalue weighted by atomic mass is 9.52. The summed E-state index contributed by atoms with van der Waals surface area (Å²) >= 11 is 0. The van der Waals surface area contributed by atoms with Crippen LogP contribution in [-0.2, 0) is 30.5 Å². The van der Waals surface area contributed by atoms with E-state index in [2.05, 4.69) is 0 Å². The van der Waals surface area contributed by atoms with Gasteiger partial charge in [0.15, 0.2) is 11.6 Å². The first-order valence-electron chi connectivity index (χ1n) is 10.3. The second kappa shape index (κ2) is 6.72. The fourth-order valence-electron chi connectivity index (χ4n) is 5.71. The molecule has 6 nitrogen and oxygen atoms in total. The first-order valence-corrected chi connectivity index (χ1v) is 10.3. The smallest absolute Gasteiger partial charge is 0.185 e. The Balaban J connectivity index is 1.50. The van der Waals surface area contributed by atoms with Gasteiger partial charge in [-0.25, -0.2) is 0 Å². The number of hydrogen-bond donors (Lipinski definition) is 0. The predicted molar refractivity (Wildman–Crippen MR) is 107 cm³/mol. The van der Waals surface area contributed by atoms with Crippen molar-refractivity contribution in [3.8, 4) is 5.75 Å². The van der Waals surface area contributed by atoms with Gasteiger partial charge >= 0.3 is 0 Å². The molecule has 1 heterocycles. The van der Waals surface area contributed by atoms with Gasteiger partial charge < -0.3 is 14.2 Å². The zero-order chi connectivity index (χ0) is 21.1. The molecule has 1 aliphatic heterocycles. The molecule has 0 aromatic heterocycles. The van der Waals surface area contributed by atoms with Gasteiger partial charge in [-0.1, -0.05) is 19.1 Å². The number of hydrogen-bond acceptors (Lipinski definition) is 6. The van der Waals surface area contributed by atoms with Crippen molar-refractivity contribution in [3.05, 3.63) is 53.1 Å². The topological polar surface area (TPSA) is 78.9 Å². The lowest BCUT2D eigenvalue weighted by molar-refractivity contribution is -0.163. The van der Waals surface area contributed by atoms with Gasteiger partial charge in [0, 0.05) is 28.9 Å². The maximum absolute atomic E-state index is 13.1. The van der Waals surface area contributed by atoms with Crippen molar-refractivity contribution in [2.45, 2.75) is 44.5 Å². The molecule has 0 N–H and O–H groups in total. The van der Waals surface area contributed by atoms with Crippen LogP contribution in [0.25, 0.3) is 0 Å². The van der Waals surface area contributed by atoms with E-state index in [1.54, 1.807) is 7.11 Å². The van der Waals surface area contributed by atoms with Gasteiger partial charge in [0.05, 0.1) is 32.0 Å². The summed E-state index contributed by atoms with van der Waals surface area (Å²) < 4.78 is 17.8. The fraction of sp³-hybridized carbons (Fsp3) is 0.458. The number of Topliss-reactive ketones (excluding diaryl/α,β-unsaturated/α-hetero) is 1. The highest BCUT2D eigenvalue weighted by Gasteiger charge is 2.67. The van der Waals surface area contributed by atoms with Crippen LogP contribution in [0.3, 0.4) is 0 Å². The van der Waals surface area contributed by atoms with E-state index >= 15 is 0 Å². The number of methoxy groups -OCH3 is 1. The van der Waals surface area contributed by atoms with Crippen LogP contribution in [-0.4, -0.2) is 42.8 Å². The summed E-state index contributed by atoms with van der Waals surface area (Å²) in [7, 11) is 1.62. The molecule has 1 saturated carbocycles. The van der Waals surface area contributed by atoms with E-state index in [-0.39, 0.29) is 29.7 Å². The van der Waals surface area contributed by atoms with Crippen LogP contribution >= 0.6 is 0 Å². The van der Waals surface area contributed by atoms with Gasteiger partial charge in [0.1, 0.15) is 11.5 Å². The molecule has 4 atom stereocenters. The number of fused-ring (bicyclic) bond motifs is 1. The minimum absolute atomic E-state index is 0.119. The quantitative estimate of drug-likeness (QED) is 0.713. The van der Waals surface area contributed by atoms with Crippen molar-refractivity contribution < 1.29 is 28.6 Å². The molecule has 156 valence electrons. The maximum Gasteiger partial charge on any atom is 0.185 e. The largest absolute Gasteiger partial charge is 0.497 e. The third kappa shape index (κ3) is 2.67. The number of ether oxygens (including phenoxy) is 3. The van der Waals surface area contributed by atoms with Crippen molar-refractivity contribution in [2.24, 2.45) is 11.3 Å². The van der Waals surface area contributed by atoms with Crippen molar-refractivity contribution in [1.29, 1.82) is 0 Å². The van der Waals surface area contributed by atoms with E-state index in [1.807, 2.05) is 31.2 Å². The summed E-state index contributed by atoms with van der Waals surface area (Å²) in [5.74, 6) is 0.223. The Morgan fingerprint density at radius 3 is 2.57 bits per heavy atom. The molecule has 0 bridgehead atoms. The molecule has 30 heavy (non-hydrogen) atoms. The van der Waals surface area contributed by atoms with Crippen molar-refractivity contribution >= 4 is 17.3 Å². The molecule has 5 rings (SSSR count). The highest BCUT2D eigenvalue weighted by atomic mass is 16.6. The fourth-order valence-corrected chi connectivity index (χ4v) is 5.71. The average Bonchev–Trinajstić information content (AvgIpc) is 3.14. The summed E-state index contributed by atoms with van der Waals surface area (Å²) in [5.41, 5.74) is 0.423. The molecule has 6 heteroatoms. The summed E-state index contributed by atoms with van der Waals surface area (Å²) in [6.07, 6.45) is 3.25. The summed E-state index contributed by atoms with van der Waals surface area (Å²) in [6.45, 7) is 2.59. The standard InChI is InChI=1S/C24H24O6/c1-23-11-16-17(25)7-8-18(26)20(16)21-22(23)24(13-29-21,10-9-19(23)27)30-12-14-3-5-15(28-2)6-4-14/h3-8,21-22H,9-13H2,1-2H3/t21-,22-,23-,24+/m1/s1. The highest BCUT2D eigenvalue weighted by molar-refractivity contribution is 6.21. The van der Waals surface area contributed by atoms with Crippen molar-refractivity contribution in [2.75, 3.05) is 13.7 Å². The highest BCUT2D eigenvalue weighted by Crippen LogP contribution is 2.59. The number of carbonyl (C=O) groups excluding carboxylic acids is 3. The molecule has 1 aromatic rings. The molecule has 1 aromatic carbocycles. The molecule has 4 aliphatic rings. The Morgan fingerprint density at radius 2 is 1.83 bits per heavy atom. The summed E-state index contributed by atoms with van der Waals surface area (Å²) in [5, 5.41) is 0. The van der Waals surface area contributed by atoms with E-state index in [0.29, 0.717) is 37.2 Å². The van der Waals surface area contributed by atoms with E-state index in [4.69, 9.17) is 14.2 Å². The maximum atomic E-state index is 13.1. The van der Waals surface area contributed by atoms with Gasteiger partial charge in [-0.15, -0.1) is 0 Å². The molecule has 1 saturated heterocycles. The molecule has 3 aliphatic carbocycles. The summed E-state index contributed by atoms with van der Waals surface area (Å²) in [6, 6.07) is 7.67. The van der Waals surface area contributed by atoms with Gasteiger partial charge in [-0.3, -0.25) is 14.4 Å². The van der Waals surface area contributed by atoms with Crippen LogP contribution in [0.2, 0.25) is 0 Å². The minimum atomic E-state index is -0.778. The molecule has 0 unspecified atom stereocenters. The van der Waals surface area contributed by atoms with Gasteiger partial charge in [-0.05, 0) is 42.7 Å². The third-order valence-electron chi connectivity index (χ3n) is 7.26. The number of ketones is 3. The van der Waals surface area contributed by atoms with Crippen LogP contribution in [0.4, 0.5) is 0 Å². The van der Waals surface area contributed by atoms with Crippen LogP contribution in [0.1, 0.15) is 31.7 Å². The SMILES string of the molecule is COc1ccc(CO[C@@]23CCC(=O)[C@@]4(C)CC5=C(C(=O)C=CC5=O)[C@@H](OC2)[C@@H]34)cc1. The zero-order valence-electron chi connectivity index (χ0n) is 17.1. The Hall–Kier alpha value is -2.57. The van der Waals surface area contributed by atoms with Crippen molar-refractivity contribution in [1.82, 2.24) is 0 Å². The Labute approximate surface area is 174 Å². The second-order valence-electron chi connectivity index (χ2n) is 8.88. The van der Waals surface area contributed by atoms with Crippen molar-refractivity contribution in [3.63, 3.8) is 0 Å². The normalized spacial score (nSPS) is 34.8. The van der Waals surface area contributed by atoms with E-state index in [1.165, 1.54) is 12.2 Å². The Kier molecular flexibility index (Phi) is 4.35. The molecule has 0 spiro atoms. The zero-order valence-corrected chi connectivity index (χ0v) is 17.1. The molecular weight excluding hydrogens is 384 g/mol. The van der Waals surface area contributed by atoms with Crippen LogP contribution < -0.4 is 4.74 Å². The van der Waals surface area contributed by atoms with Gasteiger partial charge in [-0.2, -0.15) is 0 Å². The number of rotatable bonds is 4. The van der Waals surface area contributed by atoms with Crippen LogP contribution in [0, 0.1) is 11.3 Å². The summed E-state index contributed by atoms with van der Waals surface area (Å²) in [4.78, 5) is 38.2. The van der Waals surface area contributed by atoms with Gasteiger partial charge in [0.2, 0.25) is 0 Å². The first-order chi connectivity index (χ1) is 14.4. The Bertz CT molecular complexity index is 1000. The molecule has 0 amide bonds. The molecule has 2 fully saturated rings. The molecule has 0 radical (unpaired) electrons. The predicted octanol–water partition coefficient (Wildman–Crippen LogP) is 2.74. The number of carbonyl (C=O) groups is 3. The second-order valence-corrected chi connectivity index (χ2v) is 8.88. The van der Waals surface area contributed by atoms with Crippen LogP contribution in [0.5, 0.6) is 5.75 Å². The monoisotopic (exact) mass is 408 g/mol. The molecular formula is C24H24O6. The lowest BCUT2D eigenvalue weighted by Gasteiger charge is -2.52. The minimum Gasteiger partial charge on any atom is -0.497 e. The third-order valence-corrected chi connectivity index (χ3v) is 7.26. The van der Waals surface area contributed by atoms with E-state index in [0.717, 1.165) is 11.3 Å². The number of benzene rings is 1. The lowest BCUT2D eigenvalue weighted by Crippen LogP contribution is -2.59. The van der Waals surface area contributed by atoms with E-state index < -0.39 is 17.1 Å². The van der Waals surface area contributed by atoms with Gasteiger partial charge in [0.25, 0.3) is 0 Å². The first kappa shape index (κ1) is 19.4.